The van der Waals surface area contributed by atoms with Crippen molar-refractivity contribution in [3.05, 3.63) is 23.8 Å². The maximum atomic E-state index is 10.7. The highest BCUT2D eigenvalue weighted by Crippen LogP contribution is 2.42. The minimum Gasteiger partial charge on any atom is -0.300 e. The molecule has 2 bridgehead atoms. The molecule has 2 rings (SSSR count). The first kappa shape index (κ1) is 7.78. The van der Waals surface area contributed by atoms with Gasteiger partial charge in [0.2, 0.25) is 0 Å². The monoisotopic (exact) mass is 162 g/mol. The molecule has 64 valence electrons. The molecule has 0 spiro atoms. The van der Waals surface area contributed by atoms with E-state index < -0.39 is 0 Å². The van der Waals surface area contributed by atoms with E-state index in [-0.39, 0.29) is 5.78 Å². The Hall–Kier alpha value is -0.850. The SMILES string of the molecule is CC(=O)C/C=C1/CC2C=CC1C2. The summed E-state index contributed by atoms with van der Waals surface area (Å²) in [6.45, 7) is 1.65. The number of rotatable bonds is 2. The summed E-state index contributed by atoms with van der Waals surface area (Å²) in [7, 11) is 0. The summed E-state index contributed by atoms with van der Waals surface area (Å²) in [5.41, 5.74) is 1.50. The van der Waals surface area contributed by atoms with Crippen LogP contribution in [0.2, 0.25) is 0 Å². The molecule has 0 saturated heterocycles. The molecule has 0 N–H and O–H groups in total. The van der Waals surface area contributed by atoms with Gasteiger partial charge in [0, 0.05) is 6.42 Å². The van der Waals surface area contributed by atoms with Crippen molar-refractivity contribution in [2.75, 3.05) is 0 Å². The zero-order valence-electron chi connectivity index (χ0n) is 7.42. The number of hydrogen-bond donors (Lipinski definition) is 0. The average Bonchev–Trinajstić information content (AvgIpc) is 2.60. The lowest BCUT2D eigenvalue weighted by atomic mass is 9.99. The molecule has 0 amide bonds. The third-order valence-electron chi connectivity index (χ3n) is 2.80. The lowest BCUT2D eigenvalue weighted by molar-refractivity contribution is -0.116. The largest absolute Gasteiger partial charge is 0.300 e. The van der Waals surface area contributed by atoms with E-state index in [0.717, 1.165) is 5.92 Å². The summed E-state index contributed by atoms with van der Waals surface area (Å²) in [4.78, 5) is 10.7. The highest BCUT2D eigenvalue weighted by Gasteiger charge is 2.30. The van der Waals surface area contributed by atoms with Crippen LogP contribution in [-0.2, 0) is 4.79 Å². The molecule has 12 heavy (non-hydrogen) atoms. The van der Waals surface area contributed by atoms with Crippen molar-refractivity contribution < 1.29 is 4.79 Å². The van der Waals surface area contributed by atoms with E-state index in [1.807, 2.05) is 0 Å². The first-order valence-electron chi connectivity index (χ1n) is 4.62. The third-order valence-corrected chi connectivity index (χ3v) is 2.80. The van der Waals surface area contributed by atoms with E-state index in [0.29, 0.717) is 12.3 Å². The predicted octanol–water partition coefficient (Wildman–Crippen LogP) is 2.49. The Balaban J connectivity index is 2.02. The van der Waals surface area contributed by atoms with Crippen molar-refractivity contribution >= 4 is 5.78 Å². The second-order valence-corrected chi connectivity index (χ2v) is 3.88. The molecule has 2 aliphatic rings. The van der Waals surface area contributed by atoms with E-state index in [2.05, 4.69) is 18.2 Å². The maximum absolute atomic E-state index is 10.7. The van der Waals surface area contributed by atoms with Crippen LogP contribution in [0.5, 0.6) is 0 Å². The number of carbonyl (C=O) groups is 1. The van der Waals surface area contributed by atoms with Crippen LogP contribution in [0.1, 0.15) is 26.2 Å². The van der Waals surface area contributed by atoms with Crippen molar-refractivity contribution in [3.63, 3.8) is 0 Å². The summed E-state index contributed by atoms with van der Waals surface area (Å²) >= 11 is 0. The van der Waals surface area contributed by atoms with Crippen LogP contribution in [0.4, 0.5) is 0 Å². The lowest BCUT2D eigenvalue weighted by Crippen LogP contribution is -1.94. The first-order valence-corrected chi connectivity index (χ1v) is 4.62. The average molecular weight is 162 g/mol. The second-order valence-electron chi connectivity index (χ2n) is 3.88. The quantitative estimate of drug-likeness (QED) is 0.570. The molecule has 0 aromatic heterocycles. The van der Waals surface area contributed by atoms with Gasteiger partial charge in [-0.3, -0.25) is 4.79 Å². The first-order chi connectivity index (χ1) is 5.75. The number of carbonyl (C=O) groups excluding carboxylic acids is 1. The third kappa shape index (κ3) is 1.36. The number of Topliss-reactive ketones (excluding diaryl/α,β-unsaturated/α-hetero) is 1. The second kappa shape index (κ2) is 2.89. The van der Waals surface area contributed by atoms with Gasteiger partial charge in [-0.2, -0.15) is 0 Å². The van der Waals surface area contributed by atoms with Gasteiger partial charge in [0.25, 0.3) is 0 Å². The molecule has 1 heteroatoms. The van der Waals surface area contributed by atoms with Gasteiger partial charge < -0.3 is 0 Å². The number of allylic oxidation sites excluding steroid dienone is 4. The fourth-order valence-electron chi connectivity index (χ4n) is 2.16. The van der Waals surface area contributed by atoms with Gasteiger partial charge in [-0.15, -0.1) is 0 Å². The molecule has 2 unspecified atom stereocenters. The molecule has 1 saturated carbocycles. The van der Waals surface area contributed by atoms with Crippen LogP contribution in [0.15, 0.2) is 23.8 Å². The van der Waals surface area contributed by atoms with E-state index >= 15 is 0 Å². The Morgan fingerprint density at radius 3 is 3.00 bits per heavy atom. The van der Waals surface area contributed by atoms with Gasteiger partial charge >= 0.3 is 0 Å². The smallest absolute Gasteiger partial charge is 0.133 e. The van der Waals surface area contributed by atoms with Gasteiger partial charge in [-0.25, -0.2) is 0 Å². The Bertz CT molecular complexity index is 260. The van der Waals surface area contributed by atoms with Crippen LogP contribution in [0.3, 0.4) is 0 Å². The van der Waals surface area contributed by atoms with Crippen LogP contribution >= 0.6 is 0 Å². The molecule has 0 aromatic rings. The van der Waals surface area contributed by atoms with Crippen molar-refractivity contribution in [2.24, 2.45) is 11.8 Å². The normalized spacial score (nSPS) is 34.9. The van der Waals surface area contributed by atoms with E-state index in [4.69, 9.17) is 0 Å². The van der Waals surface area contributed by atoms with Crippen molar-refractivity contribution in [1.29, 1.82) is 0 Å². The molecule has 1 nitrogen and oxygen atoms in total. The zero-order valence-corrected chi connectivity index (χ0v) is 7.42. The lowest BCUT2D eigenvalue weighted by Gasteiger charge is -2.06. The molecule has 0 aliphatic heterocycles. The van der Waals surface area contributed by atoms with Crippen LogP contribution < -0.4 is 0 Å². The van der Waals surface area contributed by atoms with Crippen molar-refractivity contribution in [3.8, 4) is 0 Å². The van der Waals surface area contributed by atoms with Crippen molar-refractivity contribution in [1.82, 2.24) is 0 Å². The van der Waals surface area contributed by atoms with Crippen molar-refractivity contribution in [2.45, 2.75) is 26.2 Å². The minimum atomic E-state index is 0.272. The highest BCUT2D eigenvalue weighted by molar-refractivity contribution is 5.77. The van der Waals surface area contributed by atoms with Crippen LogP contribution in [0.25, 0.3) is 0 Å². The van der Waals surface area contributed by atoms with Crippen LogP contribution in [0, 0.1) is 11.8 Å². The number of ketones is 1. The van der Waals surface area contributed by atoms with Gasteiger partial charge in [-0.05, 0) is 31.6 Å². The van der Waals surface area contributed by atoms with Gasteiger partial charge in [0.15, 0.2) is 0 Å². The minimum absolute atomic E-state index is 0.272. The molecule has 2 aliphatic carbocycles. The predicted molar refractivity (Wildman–Crippen MR) is 48.7 cm³/mol. The summed E-state index contributed by atoms with van der Waals surface area (Å²) in [5.74, 6) is 1.73. The van der Waals surface area contributed by atoms with Gasteiger partial charge in [0.05, 0.1) is 0 Å². The fourth-order valence-corrected chi connectivity index (χ4v) is 2.16. The maximum Gasteiger partial charge on any atom is 0.133 e. The molecule has 0 aromatic carbocycles. The Morgan fingerprint density at radius 1 is 1.67 bits per heavy atom. The Morgan fingerprint density at radius 2 is 2.50 bits per heavy atom. The standard InChI is InChI=1S/C11H14O/c1-8(12)2-4-10-6-9-3-5-11(10)7-9/h3-5,9,11H,2,6-7H2,1H3/b10-4-. The molecule has 2 atom stereocenters. The topological polar surface area (TPSA) is 17.1 Å². The van der Waals surface area contributed by atoms with Crippen LogP contribution in [-0.4, -0.2) is 5.78 Å². The molecular formula is C11H14O. The van der Waals surface area contributed by atoms with E-state index in [9.17, 15) is 4.79 Å². The summed E-state index contributed by atoms with van der Waals surface area (Å²) < 4.78 is 0. The Kier molecular flexibility index (Phi) is 1.87. The molecule has 0 heterocycles. The molecular weight excluding hydrogens is 148 g/mol. The zero-order chi connectivity index (χ0) is 8.55. The highest BCUT2D eigenvalue weighted by atomic mass is 16.1. The number of fused-ring (bicyclic) bond motifs is 2. The van der Waals surface area contributed by atoms with Gasteiger partial charge in [-0.1, -0.05) is 23.8 Å². The fraction of sp³-hybridized carbons (Fsp3) is 0.545. The number of hydrogen-bond acceptors (Lipinski definition) is 1. The summed E-state index contributed by atoms with van der Waals surface area (Å²) in [6, 6.07) is 0. The van der Waals surface area contributed by atoms with E-state index in [1.54, 1.807) is 6.92 Å². The molecule has 1 fully saturated rings. The summed E-state index contributed by atoms with van der Waals surface area (Å²) in [5, 5.41) is 0. The molecule has 0 radical (unpaired) electrons. The summed E-state index contributed by atoms with van der Waals surface area (Å²) in [6.07, 6.45) is 9.87. The van der Waals surface area contributed by atoms with E-state index in [1.165, 1.54) is 18.4 Å². The van der Waals surface area contributed by atoms with Gasteiger partial charge in [0.1, 0.15) is 5.78 Å². The Labute approximate surface area is 73.2 Å².